The summed E-state index contributed by atoms with van der Waals surface area (Å²) in [6.45, 7) is 3.28. The Kier molecular flexibility index (Phi) is 6.83. The average Bonchev–Trinajstić information content (AvgIpc) is 2.68. The molecule has 1 N–H and O–H groups in total. The number of nitrogens with zero attached hydrogens (tertiary/aromatic N) is 1. The summed E-state index contributed by atoms with van der Waals surface area (Å²) in [4.78, 5) is 14.6. The number of hydrogen-bond acceptors (Lipinski definition) is 3. The molecule has 0 aromatic heterocycles. The van der Waals surface area contributed by atoms with E-state index in [-0.39, 0.29) is 5.91 Å². The summed E-state index contributed by atoms with van der Waals surface area (Å²) in [5.41, 5.74) is 2.19. The fourth-order valence-corrected chi connectivity index (χ4v) is 2.96. The first kappa shape index (κ1) is 18.6. The number of nitrogens with one attached hydrogen (secondary N) is 1. The van der Waals surface area contributed by atoms with E-state index in [1.807, 2.05) is 42.5 Å². The van der Waals surface area contributed by atoms with Crippen molar-refractivity contribution in [1.29, 1.82) is 0 Å². The summed E-state index contributed by atoms with van der Waals surface area (Å²) in [6.07, 6.45) is 3.80. The van der Waals surface area contributed by atoms with E-state index in [9.17, 15) is 4.79 Å². The number of rotatable bonds is 6. The third-order valence-electron chi connectivity index (χ3n) is 4.30. The van der Waals surface area contributed by atoms with Crippen LogP contribution in [0.25, 0.3) is 6.08 Å². The van der Waals surface area contributed by atoms with Gasteiger partial charge in [-0.05, 0) is 23.3 Å². The van der Waals surface area contributed by atoms with E-state index in [0.717, 1.165) is 18.7 Å². The first-order valence-corrected chi connectivity index (χ1v) is 9.16. The number of halogens is 1. The van der Waals surface area contributed by atoms with Crippen molar-refractivity contribution in [3.8, 4) is 0 Å². The highest BCUT2D eigenvalue weighted by molar-refractivity contribution is 6.30. The third-order valence-corrected chi connectivity index (χ3v) is 4.55. The van der Waals surface area contributed by atoms with Crippen LogP contribution in [0.4, 0.5) is 0 Å². The van der Waals surface area contributed by atoms with Crippen molar-refractivity contribution in [3.63, 3.8) is 0 Å². The SMILES string of the molecule is O=C(NCc1ccc(Cl)cc1)[C@H]1CN(C/C=C/c2ccccc2)CCO1. The molecule has 3 rings (SSSR count). The molecule has 136 valence electrons. The van der Waals surface area contributed by atoms with Crippen molar-refractivity contribution in [2.45, 2.75) is 12.6 Å². The van der Waals surface area contributed by atoms with Crippen molar-refractivity contribution in [2.24, 2.45) is 0 Å². The smallest absolute Gasteiger partial charge is 0.250 e. The Hall–Kier alpha value is -2.14. The molecular formula is C21H23ClN2O2. The molecule has 1 fully saturated rings. The van der Waals surface area contributed by atoms with Gasteiger partial charge >= 0.3 is 0 Å². The lowest BCUT2D eigenvalue weighted by molar-refractivity contribution is -0.138. The number of hydrogen-bond donors (Lipinski definition) is 1. The Morgan fingerprint density at radius 3 is 2.73 bits per heavy atom. The van der Waals surface area contributed by atoms with Crippen molar-refractivity contribution in [1.82, 2.24) is 10.2 Å². The van der Waals surface area contributed by atoms with Gasteiger partial charge < -0.3 is 10.1 Å². The summed E-state index contributed by atoms with van der Waals surface area (Å²) in [7, 11) is 0. The molecule has 26 heavy (non-hydrogen) atoms. The molecule has 0 radical (unpaired) electrons. The van der Waals surface area contributed by atoms with Gasteiger partial charge in [0.05, 0.1) is 6.61 Å². The van der Waals surface area contributed by atoms with Crippen LogP contribution in [0.1, 0.15) is 11.1 Å². The topological polar surface area (TPSA) is 41.6 Å². The highest BCUT2D eigenvalue weighted by atomic mass is 35.5. The van der Waals surface area contributed by atoms with Gasteiger partial charge in [0.1, 0.15) is 6.10 Å². The molecule has 1 heterocycles. The molecule has 1 amide bonds. The molecule has 5 heteroatoms. The van der Waals surface area contributed by atoms with Gasteiger partial charge in [0.2, 0.25) is 0 Å². The van der Waals surface area contributed by atoms with Crippen LogP contribution in [0.2, 0.25) is 5.02 Å². The Bertz CT molecular complexity index is 731. The predicted molar refractivity (Wildman–Crippen MR) is 105 cm³/mol. The number of ether oxygens (including phenoxy) is 1. The van der Waals surface area contributed by atoms with E-state index >= 15 is 0 Å². The summed E-state index contributed by atoms with van der Waals surface area (Å²) >= 11 is 5.87. The molecular weight excluding hydrogens is 348 g/mol. The van der Waals surface area contributed by atoms with Crippen LogP contribution in [0, 0.1) is 0 Å². The van der Waals surface area contributed by atoms with Crippen LogP contribution in [0.15, 0.2) is 60.7 Å². The van der Waals surface area contributed by atoms with Crippen molar-refractivity contribution >= 4 is 23.6 Å². The fraction of sp³-hybridized carbons (Fsp3) is 0.286. The van der Waals surface area contributed by atoms with Gasteiger partial charge in [-0.15, -0.1) is 0 Å². The molecule has 4 nitrogen and oxygen atoms in total. The van der Waals surface area contributed by atoms with Crippen LogP contribution in [-0.2, 0) is 16.1 Å². The van der Waals surface area contributed by atoms with Gasteiger partial charge in [-0.1, -0.05) is 66.2 Å². The third kappa shape index (κ3) is 5.70. The Labute approximate surface area is 159 Å². The highest BCUT2D eigenvalue weighted by Crippen LogP contribution is 2.10. The first-order valence-electron chi connectivity index (χ1n) is 8.78. The number of benzene rings is 2. The van der Waals surface area contributed by atoms with Gasteiger partial charge in [-0.3, -0.25) is 9.69 Å². The molecule has 0 saturated carbocycles. The van der Waals surface area contributed by atoms with Gasteiger partial charge in [-0.25, -0.2) is 0 Å². The predicted octanol–water partition coefficient (Wildman–Crippen LogP) is 3.37. The Balaban J connectivity index is 1.45. The lowest BCUT2D eigenvalue weighted by atomic mass is 10.2. The minimum atomic E-state index is -0.429. The number of morpholine rings is 1. The zero-order valence-corrected chi connectivity index (χ0v) is 15.4. The van der Waals surface area contributed by atoms with E-state index < -0.39 is 6.10 Å². The van der Waals surface area contributed by atoms with Crippen LogP contribution >= 0.6 is 11.6 Å². The lowest BCUT2D eigenvalue weighted by Gasteiger charge is -2.31. The Morgan fingerprint density at radius 1 is 1.19 bits per heavy atom. The number of carbonyl (C=O) groups excluding carboxylic acids is 1. The Morgan fingerprint density at radius 2 is 1.96 bits per heavy atom. The first-order chi connectivity index (χ1) is 12.7. The minimum Gasteiger partial charge on any atom is -0.366 e. The van der Waals surface area contributed by atoms with E-state index in [1.54, 1.807) is 0 Å². The number of amides is 1. The summed E-state index contributed by atoms with van der Waals surface area (Å²) in [5.74, 6) is -0.0725. The maximum Gasteiger partial charge on any atom is 0.250 e. The number of carbonyl (C=O) groups is 1. The van der Waals surface area contributed by atoms with Crippen LogP contribution in [0.5, 0.6) is 0 Å². The van der Waals surface area contributed by atoms with E-state index in [2.05, 4.69) is 34.5 Å². The van der Waals surface area contributed by atoms with Gasteiger partial charge in [-0.2, -0.15) is 0 Å². The van der Waals surface area contributed by atoms with Crippen LogP contribution < -0.4 is 5.32 Å². The van der Waals surface area contributed by atoms with Gasteiger partial charge in [0.15, 0.2) is 0 Å². The van der Waals surface area contributed by atoms with Gasteiger partial charge in [0, 0.05) is 31.2 Å². The molecule has 0 aliphatic carbocycles. The van der Waals surface area contributed by atoms with Crippen molar-refractivity contribution < 1.29 is 9.53 Å². The normalized spacial score (nSPS) is 18.1. The van der Waals surface area contributed by atoms with Crippen LogP contribution in [-0.4, -0.2) is 43.2 Å². The monoisotopic (exact) mass is 370 g/mol. The molecule has 0 spiro atoms. The van der Waals surface area contributed by atoms with Gasteiger partial charge in [0.25, 0.3) is 5.91 Å². The maximum atomic E-state index is 12.4. The van der Waals surface area contributed by atoms with Crippen molar-refractivity contribution in [2.75, 3.05) is 26.2 Å². The second-order valence-electron chi connectivity index (χ2n) is 6.28. The quantitative estimate of drug-likeness (QED) is 0.847. The molecule has 2 aromatic carbocycles. The molecule has 1 aliphatic rings. The van der Waals surface area contributed by atoms with E-state index in [1.165, 1.54) is 5.56 Å². The highest BCUT2D eigenvalue weighted by Gasteiger charge is 2.25. The lowest BCUT2D eigenvalue weighted by Crippen LogP contribution is -2.49. The molecule has 2 aromatic rings. The second kappa shape index (κ2) is 9.53. The molecule has 1 aliphatic heterocycles. The molecule has 0 unspecified atom stereocenters. The van der Waals surface area contributed by atoms with Crippen LogP contribution in [0.3, 0.4) is 0 Å². The largest absolute Gasteiger partial charge is 0.366 e. The summed E-state index contributed by atoms with van der Waals surface area (Å²) < 4.78 is 5.64. The maximum absolute atomic E-state index is 12.4. The standard InChI is InChI=1S/C21H23ClN2O2/c22-19-10-8-18(9-11-19)15-23-21(25)20-16-24(13-14-26-20)12-4-7-17-5-2-1-3-6-17/h1-11,20H,12-16H2,(H,23,25)/b7-4+/t20-/m1/s1. The summed E-state index contributed by atoms with van der Waals surface area (Å²) in [5, 5.41) is 3.63. The fourth-order valence-electron chi connectivity index (χ4n) is 2.83. The summed E-state index contributed by atoms with van der Waals surface area (Å²) in [6, 6.07) is 17.7. The molecule has 1 saturated heterocycles. The molecule has 1 atom stereocenters. The van der Waals surface area contributed by atoms with Crippen molar-refractivity contribution in [3.05, 3.63) is 76.8 Å². The van der Waals surface area contributed by atoms with E-state index in [0.29, 0.717) is 24.7 Å². The minimum absolute atomic E-state index is 0.0725. The molecule has 0 bridgehead atoms. The van der Waals surface area contributed by atoms with E-state index in [4.69, 9.17) is 16.3 Å². The average molecular weight is 371 g/mol. The second-order valence-corrected chi connectivity index (χ2v) is 6.71. The zero-order valence-electron chi connectivity index (χ0n) is 14.6. The zero-order chi connectivity index (χ0) is 18.2.